The highest BCUT2D eigenvalue weighted by atomic mass is 19.4. The van der Waals surface area contributed by atoms with Gasteiger partial charge in [0, 0.05) is 38.0 Å². The van der Waals surface area contributed by atoms with Gasteiger partial charge in [0.1, 0.15) is 5.82 Å². The molecule has 0 fully saturated rings. The molecular weight excluding hydrogens is 592 g/mol. The molecule has 8 nitrogen and oxygen atoms in total. The summed E-state index contributed by atoms with van der Waals surface area (Å²) >= 11 is 0. The van der Waals surface area contributed by atoms with E-state index in [9.17, 15) is 35.9 Å². The molecule has 0 radical (unpaired) electrons. The number of aromatic nitrogens is 3. The number of carboxylic acids is 1. The Hall–Kier alpha value is -3.16. The van der Waals surface area contributed by atoms with Gasteiger partial charge in [-0.05, 0) is 24.5 Å². The first-order valence-electron chi connectivity index (χ1n) is 15.2. The molecule has 0 saturated heterocycles. The number of halogens is 6. The van der Waals surface area contributed by atoms with E-state index in [2.05, 4.69) is 17.1 Å². The molecule has 3 N–H and O–H groups in total. The minimum Gasteiger partial charge on any atom is -0.481 e. The number of nitrogens with zero attached hydrogens (tertiary/aromatic N) is 4. The minimum atomic E-state index is -4.64. The second-order valence-corrected chi connectivity index (χ2v) is 11.1. The quantitative estimate of drug-likeness (QED) is 0.119. The molecule has 0 spiro atoms. The molecule has 1 atom stereocenters. The molecule has 1 aromatic carbocycles. The number of alkyl halides is 3. The molecule has 0 saturated carbocycles. The number of unbranched alkanes of at least 4 members (excludes halogenated alkanes) is 10. The van der Waals surface area contributed by atoms with E-state index >= 15 is 0 Å². The maximum absolute atomic E-state index is 13.7. The average molecular weight is 636 g/mol. The number of benzene rings is 1. The first kappa shape index (κ1) is 37.0. The number of amides is 1. The predicted octanol–water partition coefficient (Wildman–Crippen LogP) is 6.79. The molecule has 0 aliphatic carbocycles. The van der Waals surface area contributed by atoms with E-state index in [-0.39, 0.29) is 43.9 Å². The Bertz CT molecular complexity index is 1190. The summed E-state index contributed by atoms with van der Waals surface area (Å²) in [6, 6.07) is 0.184. The van der Waals surface area contributed by atoms with Crippen LogP contribution in [0.5, 0.6) is 0 Å². The summed E-state index contributed by atoms with van der Waals surface area (Å²) in [5.74, 6) is -5.80. The van der Waals surface area contributed by atoms with E-state index in [4.69, 9.17) is 10.8 Å². The van der Waals surface area contributed by atoms with Crippen LogP contribution in [0.4, 0.5) is 26.3 Å². The number of carboxylic acid groups (broad SMARTS) is 1. The SMILES string of the molecule is CCCCCCCCCCCCCC(=O)O.N[C@@H](CC(=O)N1CCn2c(nnc2C(F)(F)F)C1)Cc1cc(F)c(F)cc1F. The lowest BCUT2D eigenvalue weighted by atomic mass is 10.0. The maximum atomic E-state index is 13.7. The number of aliphatic carboxylic acids is 1. The third-order valence-corrected chi connectivity index (χ3v) is 7.36. The van der Waals surface area contributed by atoms with Gasteiger partial charge in [-0.25, -0.2) is 13.2 Å². The van der Waals surface area contributed by atoms with Crippen molar-refractivity contribution >= 4 is 11.9 Å². The first-order valence-corrected chi connectivity index (χ1v) is 15.2. The third-order valence-electron chi connectivity index (χ3n) is 7.36. The monoisotopic (exact) mass is 635 g/mol. The minimum absolute atomic E-state index is 0.000783. The molecule has 0 bridgehead atoms. The molecule has 3 rings (SSSR count). The third kappa shape index (κ3) is 12.8. The van der Waals surface area contributed by atoms with Crippen LogP contribution in [0.2, 0.25) is 0 Å². The van der Waals surface area contributed by atoms with Crippen molar-refractivity contribution in [1.82, 2.24) is 19.7 Å². The van der Waals surface area contributed by atoms with Crippen LogP contribution in [0.25, 0.3) is 0 Å². The van der Waals surface area contributed by atoms with E-state index in [1.165, 1.54) is 62.7 Å². The van der Waals surface area contributed by atoms with Gasteiger partial charge >= 0.3 is 12.1 Å². The molecule has 14 heteroatoms. The van der Waals surface area contributed by atoms with Gasteiger partial charge in [0.25, 0.3) is 0 Å². The number of hydrogen-bond donors (Lipinski definition) is 2. The molecule has 1 aliphatic rings. The number of rotatable bonds is 16. The molecule has 248 valence electrons. The smallest absolute Gasteiger partial charge is 0.451 e. The van der Waals surface area contributed by atoms with Gasteiger partial charge in [0.2, 0.25) is 11.7 Å². The van der Waals surface area contributed by atoms with Crippen LogP contribution in [-0.4, -0.2) is 49.2 Å². The lowest BCUT2D eigenvalue weighted by Crippen LogP contribution is -2.42. The maximum Gasteiger partial charge on any atom is 0.451 e. The Balaban J connectivity index is 0.000000362. The molecule has 1 aliphatic heterocycles. The summed E-state index contributed by atoms with van der Waals surface area (Å²) in [6.07, 6.45) is 9.25. The number of fused-ring (bicyclic) bond motifs is 1. The van der Waals surface area contributed by atoms with Crippen LogP contribution in [0.3, 0.4) is 0 Å². The molecule has 44 heavy (non-hydrogen) atoms. The molecule has 2 heterocycles. The summed E-state index contributed by atoms with van der Waals surface area (Å²) in [7, 11) is 0. The summed E-state index contributed by atoms with van der Waals surface area (Å²) < 4.78 is 79.3. The predicted molar refractivity (Wildman–Crippen MR) is 152 cm³/mol. The van der Waals surface area contributed by atoms with E-state index in [1.807, 2.05) is 0 Å². The summed E-state index contributed by atoms with van der Waals surface area (Å²) in [4.78, 5) is 23.9. The van der Waals surface area contributed by atoms with Crippen molar-refractivity contribution in [3.05, 3.63) is 46.8 Å². The van der Waals surface area contributed by atoms with Gasteiger partial charge in [-0.2, -0.15) is 13.2 Å². The number of carbonyl (C=O) groups excluding carboxylic acids is 1. The highest BCUT2D eigenvalue weighted by Crippen LogP contribution is 2.29. The van der Waals surface area contributed by atoms with Gasteiger partial charge < -0.3 is 20.3 Å². The van der Waals surface area contributed by atoms with E-state index in [0.29, 0.717) is 18.6 Å². The Morgan fingerprint density at radius 1 is 0.886 bits per heavy atom. The lowest BCUT2D eigenvalue weighted by Gasteiger charge is -2.29. The fraction of sp³-hybridized carbons (Fsp3) is 0.667. The normalized spacial score (nSPS) is 13.7. The zero-order valence-corrected chi connectivity index (χ0v) is 25.2. The second-order valence-electron chi connectivity index (χ2n) is 11.1. The lowest BCUT2D eigenvalue weighted by molar-refractivity contribution is -0.148. The Labute approximate surface area is 254 Å². The van der Waals surface area contributed by atoms with Crippen molar-refractivity contribution in [2.45, 2.75) is 122 Å². The summed E-state index contributed by atoms with van der Waals surface area (Å²) in [5, 5.41) is 15.1. The van der Waals surface area contributed by atoms with Crippen LogP contribution < -0.4 is 5.73 Å². The van der Waals surface area contributed by atoms with Crippen molar-refractivity contribution in [2.75, 3.05) is 6.54 Å². The van der Waals surface area contributed by atoms with Crippen LogP contribution in [0.15, 0.2) is 12.1 Å². The topological polar surface area (TPSA) is 114 Å². The number of hydrogen-bond acceptors (Lipinski definition) is 5. The van der Waals surface area contributed by atoms with Gasteiger partial charge in [-0.15, -0.1) is 10.2 Å². The first-order chi connectivity index (χ1) is 20.8. The van der Waals surface area contributed by atoms with Gasteiger partial charge in [0.05, 0.1) is 6.54 Å². The van der Waals surface area contributed by atoms with Crippen LogP contribution >= 0.6 is 0 Å². The Morgan fingerprint density at radius 2 is 1.45 bits per heavy atom. The second kappa shape index (κ2) is 18.6. The van der Waals surface area contributed by atoms with Crippen LogP contribution in [0, 0.1) is 17.5 Å². The Morgan fingerprint density at radius 3 is 2.02 bits per heavy atom. The summed E-state index contributed by atoms with van der Waals surface area (Å²) in [5.41, 5.74) is 5.64. The number of nitrogens with two attached hydrogens (primary N) is 1. The zero-order chi connectivity index (χ0) is 32.7. The van der Waals surface area contributed by atoms with Gasteiger partial charge in [0.15, 0.2) is 17.5 Å². The van der Waals surface area contributed by atoms with Crippen molar-refractivity contribution in [1.29, 1.82) is 0 Å². The molecular formula is C30H43F6N5O3. The van der Waals surface area contributed by atoms with Crippen LogP contribution in [-0.2, 0) is 35.3 Å². The van der Waals surface area contributed by atoms with Crippen molar-refractivity contribution in [3.8, 4) is 0 Å². The van der Waals surface area contributed by atoms with E-state index in [0.717, 1.165) is 17.4 Å². The standard InChI is InChI=1S/C16H15F6N5O.C14H28O2/c17-10-6-12(19)11(18)4-8(10)3-9(23)5-14(28)26-1-2-27-13(7-26)24-25-15(27)16(20,21)22;1-2-3-4-5-6-7-8-9-10-11-12-13-14(15)16/h4,6,9H,1-3,5,7,23H2;2-13H2,1H3,(H,15,16)/t9-;/m1./s1. The molecule has 0 unspecified atom stereocenters. The van der Waals surface area contributed by atoms with Crippen molar-refractivity contribution in [2.24, 2.45) is 5.73 Å². The van der Waals surface area contributed by atoms with Crippen molar-refractivity contribution < 1.29 is 41.0 Å². The average Bonchev–Trinajstić information content (AvgIpc) is 3.39. The van der Waals surface area contributed by atoms with E-state index in [1.54, 1.807) is 0 Å². The molecule has 2 aromatic rings. The van der Waals surface area contributed by atoms with Crippen molar-refractivity contribution in [3.63, 3.8) is 0 Å². The summed E-state index contributed by atoms with van der Waals surface area (Å²) in [6.45, 7) is 1.94. The van der Waals surface area contributed by atoms with Gasteiger partial charge in [-0.3, -0.25) is 9.59 Å². The molecule has 1 aromatic heterocycles. The highest BCUT2D eigenvalue weighted by molar-refractivity contribution is 5.77. The Kier molecular flexibility index (Phi) is 15.7. The van der Waals surface area contributed by atoms with Crippen LogP contribution in [0.1, 0.15) is 108 Å². The molecule has 1 amide bonds. The largest absolute Gasteiger partial charge is 0.481 e. The fourth-order valence-electron chi connectivity index (χ4n) is 4.95. The highest BCUT2D eigenvalue weighted by Gasteiger charge is 2.40. The number of carbonyl (C=O) groups is 2. The fourth-order valence-corrected chi connectivity index (χ4v) is 4.95. The zero-order valence-electron chi connectivity index (χ0n) is 25.2. The van der Waals surface area contributed by atoms with E-state index < -0.39 is 47.4 Å². The van der Waals surface area contributed by atoms with Gasteiger partial charge in [-0.1, -0.05) is 71.1 Å².